The van der Waals surface area contributed by atoms with Crippen LogP contribution in [0.3, 0.4) is 0 Å². The molecule has 1 aliphatic carbocycles. The summed E-state index contributed by atoms with van der Waals surface area (Å²) in [5, 5.41) is 3.39. The van der Waals surface area contributed by atoms with E-state index in [1.54, 1.807) is 0 Å². The average molecular weight is 199 g/mol. The minimum absolute atomic E-state index is 0.120. The molecule has 0 spiro atoms. The van der Waals surface area contributed by atoms with Crippen molar-refractivity contribution in [3.63, 3.8) is 0 Å². The molecule has 0 aromatic heterocycles. The lowest BCUT2D eigenvalue weighted by atomic mass is 10.0. The number of hydrogen-bond acceptors (Lipinski definition) is 3. The average Bonchev–Trinajstić information content (AvgIpc) is 2.59. The lowest BCUT2D eigenvalue weighted by Gasteiger charge is -2.22. The van der Waals surface area contributed by atoms with Crippen LogP contribution in [-0.4, -0.2) is 25.2 Å². The monoisotopic (exact) mass is 199 g/mol. The first-order valence-electron chi connectivity index (χ1n) is 5.53. The molecule has 0 aromatic carbocycles. The van der Waals surface area contributed by atoms with E-state index in [4.69, 9.17) is 4.74 Å². The minimum atomic E-state index is -0.133. The third-order valence-corrected chi connectivity index (χ3v) is 3.17. The van der Waals surface area contributed by atoms with Crippen molar-refractivity contribution >= 4 is 5.97 Å². The van der Waals surface area contributed by atoms with Gasteiger partial charge in [-0.15, -0.1) is 0 Å². The molecule has 1 saturated carbocycles. The maximum absolute atomic E-state index is 11.4. The fourth-order valence-electron chi connectivity index (χ4n) is 2.15. The lowest BCUT2D eigenvalue weighted by molar-refractivity contribution is -0.143. The molecule has 3 unspecified atom stereocenters. The van der Waals surface area contributed by atoms with Crippen molar-refractivity contribution in [3.05, 3.63) is 0 Å². The number of hydrogen-bond donors (Lipinski definition) is 1. The highest BCUT2D eigenvalue weighted by Crippen LogP contribution is 2.25. The Balaban J connectivity index is 2.43. The molecule has 3 atom stereocenters. The summed E-state index contributed by atoms with van der Waals surface area (Å²) in [6.07, 6.45) is 4.54. The number of esters is 1. The largest absolute Gasteiger partial charge is 0.468 e. The number of carbonyl (C=O) groups is 1. The first-order valence-corrected chi connectivity index (χ1v) is 5.53. The van der Waals surface area contributed by atoms with Gasteiger partial charge in [0, 0.05) is 6.04 Å². The molecular weight excluding hydrogens is 178 g/mol. The summed E-state index contributed by atoms with van der Waals surface area (Å²) in [6.45, 7) is 4.25. The Bertz CT molecular complexity index is 194. The van der Waals surface area contributed by atoms with Crippen LogP contribution in [0.4, 0.5) is 0 Å². The zero-order valence-corrected chi connectivity index (χ0v) is 9.38. The second-order valence-corrected chi connectivity index (χ2v) is 4.17. The van der Waals surface area contributed by atoms with Gasteiger partial charge in [0.1, 0.15) is 6.04 Å². The van der Waals surface area contributed by atoms with Crippen LogP contribution in [-0.2, 0) is 9.53 Å². The van der Waals surface area contributed by atoms with Crippen molar-refractivity contribution in [3.8, 4) is 0 Å². The summed E-state index contributed by atoms with van der Waals surface area (Å²) in [4.78, 5) is 11.4. The number of nitrogens with one attached hydrogen (secondary N) is 1. The minimum Gasteiger partial charge on any atom is -0.468 e. The van der Waals surface area contributed by atoms with Gasteiger partial charge in [-0.3, -0.25) is 4.79 Å². The van der Waals surface area contributed by atoms with E-state index >= 15 is 0 Å². The predicted octanol–water partition coefficient (Wildman–Crippen LogP) is 1.72. The summed E-state index contributed by atoms with van der Waals surface area (Å²) < 4.78 is 4.75. The summed E-state index contributed by atoms with van der Waals surface area (Å²) >= 11 is 0. The second kappa shape index (κ2) is 5.35. The zero-order chi connectivity index (χ0) is 10.6. The molecule has 0 bridgehead atoms. The molecule has 3 nitrogen and oxygen atoms in total. The van der Waals surface area contributed by atoms with E-state index in [0.717, 1.165) is 6.42 Å². The third-order valence-electron chi connectivity index (χ3n) is 3.17. The third kappa shape index (κ3) is 2.71. The Labute approximate surface area is 86.2 Å². The normalized spacial score (nSPS) is 28.8. The molecule has 0 amide bonds. The maximum atomic E-state index is 11.4. The van der Waals surface area contributed by atoms with E-state index in [0.29, 0.717) is 12.0 Å². The Morgan fingerprint density at radius 1 is 1.57 bits per heavy atom. The van der Waals surface area contributed by atoms with Crippen molar-refractivity contribution in [1.82, 2.24) is 5.32 Å². The smallest absolute Gasteiger partial charge is 0.322 e. The number of rotatable bonds is 4. The molecule has 0 radical (unpaired) electrons. The topological polar surface area (TPSA) is 38.3 Å². The van der Waals surface area contributed by atoms with E-state index in [1.807, 2.05) is 6.92 Å². The molecule has 82 valence electrons. The van der Waals surface area contributed by atoms with Crippen LogP contribution in [0, 0.1) is 5.92 Å². The zero-order valence-electron chi connectivity index (χ0n) is 9.38. The van der Waals surface area contributed by atoms with Gasteiger partial charge in [-0.25, -0.2) is 0 Å². The van der Waals surface area contributed by atoms with E-state index in [1.165, 1.54) is 26.4 Å². The van der Waals surface area contributed by atoms with Gasteiger partial charge in [-0.1, -0.05) is 20.3 Å². The van der Waals surface area contributed by atoms with Gasteiger partial charge in [0.25, 0.3) is 0 Å². The van der Waals surface area contributed by atoms with Crippen molar-refractivity contribution in [2.75, 3.05) is 7.11 Å². The first-order chi connectivity index (χ1) is 6.69. The summed E-state index contributed by atoms with van der Waals surface area (Å²) in [5.74, 6) is 0.556. The summed E-state index contributed by atoms with van der Waals surface area (Å²) in [7, 11) is 1.45. The Morgan fingerprint density at radius 2 is 2.29 bits per heavy atom. The van der Waals surface area contributed by atoms with Gasteiger partial charge in [0.05, 0.1) is 7.11 Å². The molecule has 14 heavy (non-hydrogen) atoms. The standard InChI is InChI=1S/C11H21NO2/c1-4-9(11(13)14-3)12-10-7-5-6-8(10)2/h8-10,12H,4-7H2,1-3H3. The highest BCUT2D eigenvalue weighted by Gasteiger charge is 2.27. The number of methoxy groups -OCH3 is 1. The van der Waals surface area contributed by atoms with E-state index in [9.17, 15) is 4.79 Å². The van der Waals surface area contributed by atoms with Crippen LogP contribution in [0.1, 0.15) is 39.5 Å². The van der Waals surface area contributed by atoms with Crippen LogP contribution < -0.4 is 5.32 Å². The Kier molecular flexibility index (Phi) is 4.39. The molecule has 1 fully saturated rings. The SMILES string of the molecule is CCC(NC1CCCC1C)C(=O)OC. The second-order valence-electron chi connectivity index (χ2n) is 4.17. The molecule has 0 aromatic rings. The number of ether oxygens (including phenoxy) is 1. The molecule has 1 N–H and O–H groups in total. The highest BCUT2D eigenvalue weighted by molar-refractivity contribution is 5.75. The van der Waals surface area contributed by atoms with Gasteiger partial charge in [0.15, 0.2) is 0 Å². The fourth-order valence-corrected chi connectivity index (χ4v) is 2.15. The van der Waals surface area contributed by atoms with Crippen molar-refractivity contribution in [2.45, 2.75) is 51.6 Å². The molecular formula is C11H21NO2. The van der Waals surface area contributed by atoms with E-state index in [-0.39, 0.29) is 12.0 Å². The van der Waals surface area contributed by atoms with Crippen molar-refractivity contribution < 1.29 is 9.53 Å². The Hall–Kier alpha value is -0.570. The van der Waals surface area contributed by atoms with Crippen LogP contribution in [0.2, 0.25) is 0 Å². The van der Waals surface area contributed by atoms with Crippen molar-refractivity contribution in [1.29, 1.82) is 0 Å². The molecule has 0 heterocycles. The van der Waals surface area contributed by atoms with Gasteiger partial charge in [-0.2, -0.15) is 0 Å². The van der Waals surface area contributed by atoms with E-state index in [2.05, 4.69) is 12.2 Å². The molecule has 1 rings (SSSR count). The molecule has 3 heteroatoms. The molecule has 0 saturated heterocycles. The number of carbonyl (C=O) groups excluding carboxylic acids is 1. The quantitative estimate of drug-likeness (QED) is 0.701. The van der Waals surface area contributed by atoms with Crippen molar-refractivity contribution in [2.24, 2.45) is 5.92 Å². The van der Waals surface area contributed by atoms with E-state index < -0.39 is 0 Å². The predicted molar refractivity (Wildman–Crippen MR) is 56.0 cm³/mol. The lowest BCUT2D eigenvalue weighted by Crippen LogP contribution is -2.44. The Morgan fingerprint density at radius 3 is 2.71 bits per heavy atom. The van der Waals surface area contributed by atoms with Crippen LogP contribution in [0.25, 0.3) is 0 Å². The molecule has 0 aliphatic heterocycles. The fraction of sp³-hybridized carbons (Fsp3) is 0.909. The summed E-state index contributed by atoms with van der Waals surface area (Å²) in [6, 6.07) is 0.379. The van der Waals surface area contributed by atoms with Crippen LogP contribution in [0.5, 0.6) is 0 Å². The summed E-state index contributed by atoms with van der Waals surface area (Å²) in [5.41, 5.74) is 0. The van der Waals surface area contributed by atoms with Gasteiger partial charge >= 0.3 is 5.97 Å². The van der Waals surface area contributed by atoms with Crippen LogP contribution in [0.15, 0.2) is 0 Å². The maximum Gasteiger partial charge on any atom is 0.322 e. The van der Waals surface area contributed by atoms with Gasteiger partial charge in [-0.05, 0) is 25.2 Å². The van der Waals surface area contributed by atoms with Gasteiger partial charge in [0.2, 0.25) is 0 Å². The first kappa shape index (κ1) is 11.5. The van der Waals surface area contributed by atoms with Gasteiger partial charge < -0.3 is 10.1 Å². The molecule has 1 aliphatic rings. The van der Waals surface area contributed by atoms with Crippen LogP contribution >= 0.6 is 0 Å². The highest BCUT2D eigenvalue weighted by atomic mass is 16.5.